The Morgan fingerprint density at radius 2 is 1.81 bits per heavy atom. The molecule has 3 rings (SSSR count). The summed E-state index contributed by atoms with van der Waals surface area (Å²) in [6.07, 6.45) is 1.78. The highest BCUT2D eigenvalue weighted by atomic mass is 35.5. The molecule has 0 amide bonds. The summed E-state index contributed by atoms with van der Waals surface area (Å²) < 4.78 is 5.81. The summed E-state index contributed by atoms with van der Waals surface area (Å²) in [6.45, 7) is 1.28. The molecule has 0 atom stereocenters. The number of aromatic nitrogens is 1. The zero-order chi connectivity index (χ0) is 14.5. The van der Waals surface area contributed by atoms with Crippen molar-refractivity contribution >= 4 is 28.2 Å². The largest absolute Gasteiger partial charge is 0.489 e. The van der Waals surface area contributed by atoms with Gasteiger partial charge in [-0.05, 0) is 36.4 Å². The molecular formula is C17H15ClN2O. The second-order valence-corrected chi connectivity index (χ2v) is 5.05. The van der Waals surface area contributed by atoms with E-state index in [1.54, 1.807) is 6.20 Å². The smallest absolute Gasteiger partial charge is 0.145 e. The molecular weight excluding hydrogens is 284 g/mol. The fourth-order valence-electron chi connectivity index (χ4n) is 2.12. The van der Waals surface area contributed by atoms with E-state index in [4.69, 9.17) is 16.3 Å². The number of rotatable bonds is 5. The van der Waals surface area contributed by atoms with Crippen LogP contribution in [0.5, 0.6) is 5.75 Å². The summed E-state index contributed by atoms with van der Waals surface area (Å²) in [7, 11) is 0. The molecule has 1 heterocycles. The van der Waals surface area contributed by atoms with Crippen molar-refractivity contribution in [1.82, 2.24) is 4.98 Å². The lowest BCUT2D eigenvalue weighted by Crippen LogP contribution is -2.11. The zero-order valence-electron chi connectivity index (χ0n) is 11.4. The summed E-state index contributed by atoms with van der Waals surface area (Å²) in [5.41, 5.74) is 1.92. The number of nitrogens with one attached hydrogen (secondary N) is 1. The van der Waals surface area contributed by atoms with Gasteiger partial charge in [0.2, 0.25) is 0 Å². The average molecular weight is 299 g/mol. The highest BCUT2D eigenvalue weighted by molar-refractivity contribution is 6.30. The molecule has 0 aliphatic rings. The minimum absolute atomic E-state index is 0.568. The monoisotopic (exact) mass is 298 g/mol. The van der Waals surface area contributed by atoms with Gasteiger partial charge in [-0.2, -0.15) is 0 Å². The van der Waals surface area contributed by atoms with E-state index in [-0.39, 0.29) is 0 Å². The third kappa shape index (κ3) is 3.44. The Kier molecular flexibility index (Phi) is 4.22. The van der Waals surface area contributed by atoms with Crippen molar-refractivity contribution in [1.29, 1.82) is 0 Å². The molecule has 21 heavy (non-hydrogen) atoms. The van der Waals surface area contributed by atoms with Crippen molar-refractivity contribution in [2.45, 2.75) is 0 Å². The minimum Gasteiger partial charge on any atom is -0.489 e. The molecule has 106 valence electrons. The number of nitrogens with zero attached hydrogens (tertiary/aromatic N) is 1. The fourth-order valence-corrected chi connectivity index (χ4v) is 2.24. The number of hydrogen-bond donors (Lipinski definition) is 1. The summed E-state index contributed by atoms with van der Waals surface area (Å²) >= 11 is 5.85. The molecule has 0 saturated heterocycles. The fraction of sp³-hybridized carbons (Fsp3) is 0.118. The molecule has 3 nitrogen and oxygen atoms in total. The van der Waals surface area contributed by atoms with Crippen molar-refractivity contribution in [3.8, 4) is 5.75 Å². The first-order valence-electron chi connectivity index (χ1n) is 6.79. The van der Waals surface area contributed by atoms with Gasteiger partial charge in [0.05, 0.1) is 0 Å². The van der Waals surface area contributed by atoms with E-state index in [1.807, 2.05) is 54.6 Å². The van der Waals surface area contributed by atoms with Gasteiger partial charge in [0, 0.05) is 28.8 Å². The van der Waals surface area contributed by atoms with Crippen LogP contribution in [-0.4, -0.2) is 18.1 Å². The highest BCUT2D eigenvalue weighted by Crippen LogP contribution is 2.22. The van der Waals surface area contributed by atoms with E-state index in [0.29, 0.717) is 13.2 Å². The van der Waals surface area contributed by atoms with Crippen molar-refractivity contribution in [2.75, 3.05) is 18.5 Å². The van der Waals surface area contributed by atoms with Crippen LogP contribution in [0.25, 0.3) is 10.9 Å². The number of para-hydroxylation sites is 1. The number of fused-ring (bicyclic) bond motifs is 1. The van der Waals surface area contributed by atoms with Crippen LogP contribution in [-0.2, 0) is 0 Å². The molecule has 1 aromatic heterocycles. The van der Waals surface area contributed by atoms with E-state index in [9.17, 15) is 0 Å². The average Bonchev–Trinajstić information content (AvgIpc) is 2.53. The molecule has 0 aliphatic heterocycles. The van der Waals surface area contributed by atoms with Crippen molar-refractivity contribution in [3.05, 3.63) is 65.8 Å². The predicted octanol–water partition coefficient (Wildman–Crippen LogP) is 4.38. The predicted molar refractivity (Wildman–Crippen MR) is 87.2 cm³/mol. The third-order valence-corrected chi connectivity index (χ3v) is 3.38. The van der Waals surface area contributed by atoms with Gasteiger partial charge >= 0.3 is 0 Å². The summed E-state index contributed by atoms with van der Waals surface area (Å²) in [5.74, 6) is 0.811. The first-order valence-corrected chi connectivity index (χ1v) is 7.17. The number of ether oxygens (including phenoxy) is 1. The SMILES string of the molecule is Clc1ccc(NCCOc2cccc3cccnc23)cc1. The Balaban J connectivity index is 1.58. The van der Waals surface area contributed by atoms with Crippen LogP contribution in [0.15, 0.2) is 60.8 Å². The van der Waals surface area contributed by atoms with Crippen LogP contribution in [0.2, 0.25) is 5.02 Å². The second kappa shape index (κ2) is 6.46. The number of anilines is 1. The van der Waals surface area contributed by atoms with Crippen LogP contribution in [0.1, 0.15) is 0 Å². The number of benzene rings is 2. The molecule has 0 unspecified atom stereocenters. The van der Waals surface area contributed by atoms with Crippen LogP contribution in [0.3, 0.4) is 0 Å². The van der Waals surface area contributed by atoms with E-state index in [0.717, 1.165) is 27.4 Å². The standard InChI is InChI=1S/C17H15ClN2O/c18-14-6-8-15(9-7-14)19-11-12-21-16-5-1-3-13-4-2-10-20-17(13)16/h1-10,19H,11-12H2. The Morgan fingerprint density at radius 3 is 2.67 bits per heavy atom. The molecule has 0 spiro atoms. The second-order valence-electron chi connectivity index (χ2n) is 4.61. The first-order chi connectivity index (χ1) is 10.3. The Bertz CT molecular complexity index is 723. The number of halogens is 1. The van der Waals surface area contributed by atoms with Gasteiger partial charge in [0.15, 0.2) is 0 Å². The normalized spacial score (nSPS) is 10.5. The van der Waals surface area contributed by atoms with Gasteiger partial charge in [-0.3, -0.25) is 4.98 Å². The van der Waals surface area contributed by atoms with Crippen molar-refractivity contribution < 1.29 is 4.74 Å². The molecule has 0 aliphatic carbocycles. The van der Waals surface area contributed by atoms with Gasteiger partial charge in [-0.25, -0.2) is 0 Å². The van der Waals surface area contributed by atoms with Gasteiger partial charge in [0.25, 0.3) is 0 Å². The topological polar surface area (TPSA) is 34.1 Å². The van der Waals surface area contributed by atoms with Gasteiger partial charge in [0.1, 0.15) is 17.9 Å². The summed E-state index contributed by atoms with van der Waals surface area (Å²) in [4.78, 5) is 4.37. The van der Waals surface area contributed by atoms with Crippen LogP contribution >= 0.6 is 11.6 Å². The molecule has 0 saturated carbocycles. The molecule has 0 bridgehead atoms. The zero-order valence-corrected chi connectivity index (χ0v) is 12.2. The lowest BCUT2D eigenvalue weighted by molar-refractivity contribution is 0.336. The van der Waals surface area contributed by atoms with E-state index in [2.05, 4.69) is 10.3 Å². The maximum atomic E-state index is 5.85. The van der Waals surface area contributed by atoms with E-state index < -0.39 is 0 Å². The first kappa shape index (κ1) is 13.7. The van der Waals surface area contributed by atoms with E-state index in [1.165, 1.54) is 0 Å². The van der Waals surface area contributed by atoms with Gasteiger partial charge < -0.3 is 10.1 Å². The molecule has 3 aromatic rings. The van der Waals surface area contributed by atoms with Crippen molar-refractivity contribution in [2.24, 2.45) is 0 Å². The Hall–Kier alpha value is -2.26. The van der Waals surface area contributed by atoms with Gasteiger partial charge in [-0.15, -0.1) is 0 Å². The van der Waals surface area contributed by atoms with Crippen molar-refractivity contribution in [3.63, 3.8) is 0 Å². The lowest BCUT2D eigenvalue weighted by atomic mass is 10.2. The summed E-state index contributed by atoms with van der Waals surface area (Å²) in [5, 5.41) is 5.10. The van der Waals surface area contributed by atoms with Crippen LogP contribution < -0.4 is 10.1 Å². The quantitative estimate of drug-likeness (QED) is 0.710. The van der Waals surface area contributed by atoms with Crippen LogP contribution in [0, 0.1) is 0 Å². The molecule has 4 heteroatoms. The van der Waals surface area contributed by atoms with E-state index >= 15 is 0 Å². The minimum atomic E-state index is 0.568. The highest BCUT2D eigenvalue weighted by Gasteiger charge is 2.02. The lowest BCUT2D eigenvalue weighted by Gasteiger charge is -2.10. The molecule has 0 fully saturated rings. The molecule has 1 N–H and O–H groups in total. The maximum absolute atomic E-state index is 5.85. The Labute approximate surface area is 128 Å². The summed E-state index contributed by atoms with van der Waals surface area (Å²) in [6, 6.07) is 17.5. The number of hydrogen-bond acceptors (Lipinski definition) is 3. The van der Waals surface area contributed by atoms with Crippen LogP contribution in [0.4, 0.5) is 5.69 Å². The van der Waals surface area contributed by atoms with Gasteiger partial charge in [-0.1, -0.05) is 29.8 Å². The Morgan fingerprint density at radius 1 is 1.00 bits per heavy atom. The molecule has 2 aromatic carbocycles. The molecule has 0 radical (unpaired) electrons. The number of pyridine rings is 1. The third-order valence-electron chi connectivity index (χ3n) is 3.13. The maximum Gasteiger partial charge on any atom is 0.145 e.